The summed E-state index contributed by atoms with van der Waals surface area (Å²) in [4.78, 5) is 25.3. The SMILES string of the molecule is CC(CO)NC(=O)c1cccc(C(C)CCCCC(=O)N(C)C)c1. The molecular weight excluding hydrogens is 304 g/mol. The molecule has 0 heterocycles. The van der Waals surface area contributed by atoms with Crippen LogP contribution >= 0.6 is 0 Å². The maximum Gasteiger partial charge on any atom is 0.251 e. The lowest BCUT2D eigenvalue weighted by molar-refractivity contribution is -0.128. The Hall–Kier alpha value is -1.88. The zero-order valence-electron chi connectivity index (χ0n) is 15.2. The van der Waals surface area contributed by atoms with Crippen LogP contribution in [-0.4, -0.2) is 48.6 Å². The van der Waals surface area contributed by atoms with Crippen LogP contribution in [-0.2, 0) is 4.79 Å². The van der Waals surface area contributed by atoms with E-state index in [1.54, 1.807) is 32.0 Å². The average Bonchev–Trinajstić information content (AvgIpc) is 2.57. The topological polar surface area (TPSA) is 69.6 Å². The van der Waals surface area contributed by atoms with Gasteiger partial charge in [0.25, 0.3) is 5.91 Å². The number of unbranched alkanes of at least 4 members (excludes halogenated alkanes) is 1. The molecule has 0 aliphatic heterocycles. The summed E-state index contributed by atoms with van der Waals surface area (Å²) in [6.45, 7) is 3.83. The normalized spacial score (nSPS) is 13.2. The van der Waals surface area contributed by atoms with E-state index in [1.165, 1.54) is 0 Å². The molecule has 0 fully saturated rings. The summed E-state index contributed by atoms with van der Waals surface area (Å²) in [7, 11) is 3.55. The van der Waals surface area contributed by atoms with Crippen molar-refractivity contribution in [2.24, 2.45) is 0 Å². The number of aliphatic hydroxyl groups excluding tert-OH is 1. The van der Waals surface area contributed by atoms with Crippen LogP contribution in [0.1, 0.15) is 61.4 Å². The van der Waals surface area contributed by atoms with Gasteiger partial charge in [-0.15, -0.1) is 0 Å². The van der Waals surface area contributed by atoms with Crippen molar-refractivity contribution in [3.8, 4) is 0 Å². The van der Waals surface area contributed by atoms with E-state index in [4.69, 9.17) is 5.11 Å². The van der Waals surface area contributed by atoms with Gasteiger partial charge in [-0.25, -0.2) is 0 Å². The molecule has 0 aliphatic carbocycles. The first kappa shape index (κ1) is 20.2. The van der Waals surface area contributed by atoms with Gasteiger partial charge in [-0.05, 0) is 43.4 Å². The minimum atomic E-state index is -0.257. The summed E-state index contributed by atoms with van der Waals surface area (Å²) >= 11 is 0. The number of hydrogen-bond donors (Lipinski definition) is 2. The van der Waals surface area contributed by atoms with Crippen molar-refractivity contribution in [2.75, 3.05) is 20.7 Å². The first-order valence-corrected chi connectivity index (χ1v) is 8.57. The number of carbonyl (C=O) groups excluding carboxylic acids is 2. The second-order valence-corrected chi connectivity index (χ2v) is 6.62. The molecule has 1 aromatic carbocycles. The molecule has 0 spiro atoms. The predicted molar refractivity (Wildman–Crippen MR) is 96.0 cm³/mol. The molecule has 0 bridgehead atoms. The van der Waals surface area contributed by atoms with Gasteiger partial charge in [0, 0.05) is 32.1 Å². The Morgan fingerprint density at radius 3 is 2.54 bits per heavy atom. The largest absolute Gasteiger partial charge is 0.394 e. The zero-order valence-corrected chi connectivity index (χ0v) is 15.2. The fourth-order valence-electron chi connectivity index (χ4n) is 2.46. The number of hydrogen-bond acceptors (Lipinski definition) is 3. The predicted octanol–water partition coefficient (Wildman–Crippen LogP) is 2.55. The van der Waals surface area contributed by atoms with Crippen molar-refractivity contribution in [1.29, 1.82) is 0 Å². The van der Waals surface area contributed by atoms with Crippen LogP contribution in [0, 0.1) is 0 Å². The minimum Gasteiger partial charge on any atom is -0.394 e. The Kier molecular flexibility index (Phi) is 8.47. The van der Waals surface area contributed by atoms with E-state index in [1.807, 2.05) is 18.2 Å². The molecule has 24 heavy (non-hydrogen) atoms. The third kappa shape index (κ3) is 6.71. The van der Waals surface area contributed by atoms with Crippen molar-refractivity contribution < 1.29 is 14.7 Å². The number of carbonyl (C=O) groups is 2. The van der Waals surface area contributed by atoms with Crippen molar-refractivity contribution >= 4 is 11.8 Å². The zero-order chi connectivity index (χ0) is 18.1. The third-order valence-electron chi connectivity index (χ3n) is 4.15. The highest BCUT2D eigenvalue weighted by Crippen LogP contribution is 2.23. The standard InChI is InChI=1S/C19H30N2O3/c1-14(8-5-6-11-18(23)21(3)4)16-9-7-10-17(12-16)19(24)20-15(2)13-22/h7,9-10,12,14-15,22H,5-6,8,11,13H2,1-4H3,(H,20,24). The van der Waals surface area contributed by atoms with Crippen LogP contribution in [0.25, 0.3) is 0 Å². The van der Waals surface area contributed by atoms with Crippen molar-refractivity contribution in [3.63, 3.8) is 0 Å². The van der Waals surface area contributed by atoms with E-state index >= 15 is 0 Å². The lowest BCUT2D eigenvalue weighted by atomic mass is 9.93. The van der Waals surface area contributed by atoms with Crippen LogP contribution < -0.4 is 5.32 Å². The van der Waals surface area contributed by atoms with E-state index in [0.717, 1.165) is 24.8 Å². The third-order valence-corrected chi connectivity index (χ3v) is 4.15. The molecule has 5 nitrogen and oxygen atoms in total. The summed E-state index contributed by atoms with van der Waals surface area (Å²) in [5, 5.41) is 11.8. The molecular formula is C19H30N2O3. The molecule has 2 atom stereocenters. The van der Waals surface area contributed by atoms with Gasteiger partial charge in [-0.1, -0.05) is 25.5 Å². The second kappa shape index (κ2) is 10.1. The summed E-state index contributed by atoms with van der Waals surface area (Å²) < 4.78 is 0. The van der Waals surface area contributed by atoms with E-state index in [-0.39, 0.29) is 24.5 Å². The molecule has 1 rings (SSSR count). The number of aliphatic hydroxyl groups is 1. The second-order valence-electron chi connectivity index (χ2n) is 6.62. The molecule has 0 saturated carbocycles. The molecule has 0 radical (unpaired) electrons. The molecule has 5 heteroatoms. The molecule has 2 N–H and O–H groups in total. The summed E-state index contributed by atoms with van der Waals surface area (Å²) in [6.07, 6.45) is 3.44. The maximum absolute atomic E-state index is 12.1. The maximum atomic E-state index is 12.1. The summed E-state index contributed by atoms with van der Waals surface area (Å²) in [5.41, 5.74) is 1.74. The van der Waals surface area contributed by atoms with Crippen molar-refractivity contribution in [2.45, 2.75) is 51.5 Å². The number of rotatable bonds is 9. The highest BCUT2D eigenvalue weighted by Gasteiger charge is 2.12. The Morgan fingerprint density at radius 2 is 1.92 bits per heavy atom. The number of benzene rings is 1. The van der Waals surface area contributed by atoms with Crippen molar-refractivity contribution in [3.05, 3.63) is 35.4 Å². The highest BCUT2D eigenvalue weighted by molar-refractivity contribution is 5.94. The Labute approximate surface area is 145 Å². The average molecular weight is 334 g/mol. The molecule has 2 unspecified atom stereocenters. The van der Waals surface area contributed by atoms with Crippen molar-refractivity contribution in [1.82, 2.24) is 10.2 Å². The molecule has 0 aliphatic rings. The van der Waals surface area contributed by atoms with E-state index in [2.05, 4.69) is 12.2 Å². The first-order chi connectivity index (χ1) is 11.3. The van der Waals surface area contributed by atoms with E-state index < -0.39 is 0 Å². The molecule has 0 aromatic heterocycles. The Bertz CT molecular complexity index is 543. The lowest BCUT2D eigenvalue weighted by Crippen LogP contribution is -2.35. The highest BCUT2D eigenvalue weighted by atomic mass is 16.3. The van der Waals surface area contributed by atoms with Gasteiger partial charge in [0.05, 0.1) is 6.61 Å². The number of nitrogens with zero attached hydrogens (tertiary/aromatic N) is 1. The minimum absolute atomic E-state index is 0.0759. The molecule has 0 saturated heterocycles. The molecule has 2 amide bonds. The fourth-order valence-corrected chi connectivity index (χ4v) is 2.46. The quantitative estimate of drug-likeness (QED) is 0.682. The molecule has 134 valence electrons. The van der Waals surface area contributed by atoms with Gasteiger partial charge < -0.3 is 15.3 Å². The van der Waals surface area contributed by atoms with Crippen LogP contribution in [0.2, 0.25) is 0 Å². The Balaban J connectivity index is 2.53. The molecule has 1 aromatic rings. The van der Waals surface area contributed by atoms with E-state index in [0.29, 0.717) is 17.9 Å². The number of nitrogens with one attached hydrogen (secondary N) is 1. The Morgan fingerprint density at radius 1 is 1.21 bits per heavy atom. The van der Waals surface area contributed by atoms with Crippen LogP contribution in [0.3, 0.4) is 0 Å². The summed E-state index contributed by atoms with van der Waals surface area (Å²) in [5.74, 6) is 0.337. The van der Waals surface area contributed by atoms with E-state index in [9.17, 15) is 9.59 Å². The van der Waals surface area contributed by atoms with Gasteiger partial charge >= 0.3 is 0 Å². The fraction of sp³-hybridized carbons (Fsp3) is 0.579. The summed E-state index contributed by atoms with van der Waals surface area (Å²) in [6, 6.07) is 7.36. The first-order valence-electron chi connectivity index (χ1n) is 8.57. The number of amides is 2. The smallest absolute Gasteiger partial charge is 0.251 e. The van der Waals surface area contributed by atoms with Crippen LogP contribution in [0.4, 0.5) is 0 Å². The monoisotopic (exact) mass is 334 g/mol. The van der Waals surface area contributed by atoms with Gasteiger partial charge in [0.2, 0.25) is 5.91 Å². The van der Waals surface area contributed by atoms with Gasteiger partial charge in [0.15, 0.2) is 0 Å². The lowest BCUT2D eigenvalue weighted by Gasteiger charge is -2.15. The van der Waals surface area contributed by atoms with Crippen LogP contribution in [0.15, 0.2) is 24.3 Å². The van der Waals surface area contributed by atoms with Gasteiger partial charge in [-0.3, -0.25) is 9.59 Å². The van der Waals surface area contributed by atoms with Crippen LogP contribution in [0.5, 0.6) is 0 Å². The van der Waals surface area contributed by atoms with Gasteiger partial charge in [0.1, 0.15) is 0 Å². The van der Waals surface area contributed by atoms with Gasteiger partial charge in [-0.2, -0.15) is 0 Å².